The van der Waals surface area contributed by atoms with Crippen LogP contribution in [0.15, 0.2) is 18.2 Å². The van der Waals surface area contributed by atoms with Crippen LogP contribution in [0.2, 0.25) is 10.0 Å². The third kappa shape index (κ3) is 2.56. The highest BCUT2D eigenvalue weighted by Crippen LogP contribution is 2.53. The van der Waals surface area contributed by atoms with Crippen molar-refractivity contribution in [2.45, 2.75) is 35.7 Å². The van der Waals surface area contributed by atoms with Gasteiger partial charge in [-0.25, -0.2) is 0 Å². The number of benzene rings is 1. The van der Waals surface area contributed by atoms with E-state index in [1.807, 2.05) is 30.0 Å². The minimum Gasteiger partial charge on any atom is -0.469 e. The highest BCUT2D eigenvalue weighted by Gasteiger charge is 2.47. The maximum absolute atomic E-state index is 12.2. The number of hydrogen-bond donors (Lipinski definition) is 0. The fourth-order valence-corrected chi connectivity index (χ4v) is 5.53. The highest BCUT2D eigenvalue weighted by atomic mass is 35.5. The molecule has 1 aromatic carbocycles. The Morgan fingerprint density at radius 1 is 1.30 bits per heavy atom. The highest BCUT2D eigenvalue weighted by molar-refractivity contribution is 8.00. The van der Waals surface area contributed by atoms with E-state index in [0.717, 1.165) is 18.4 Å². The molecule has 0 radical (unpaired) electrons. The number of rotatable bonds is 2. The molecule has 2 aliphatic heterocycles. The van der Waals surface area contributed by atoms with Crippen LogP contribution in [0.4, 0.5) is 0 Å². The number of methoxy groups -OCH3 is 1. The maximum Gasteiger partial charge on any atom is 0.310 e. The molecule has 0 spiro atoms. The van der Waals surface area contributed by atoms with Crippen LogP contribution in [0.3, 0.4) is 0 Å². The number of carbonyl (C=O) groups is 1. The number of carbonyl (C=O) groups excluding carboxylic acids is 1. The van der Waals surface area contributed by atoms with Crippen molar-refractivity contribution in [3.63, 3.8) is 0 Å². The molecular formula is C15H16Cl2O2S. The summed E-state index contributed by atoms with van der Waals surface area (Å²) in [4.78, 5) is 12.2. The van der Waals surface area contributed by atoms with E-state index in [1.165, 1.54) is 13.5 Å². The molecule has 20 heavy (non-hydrogen) atoms. The van der Waals surface area contributed by atoms with E-state index < -0.39 is 0 Å². The van der Waals surface area contributed by atoms with E-state index in [9.17, 15) is 4.79 Å². The first kappa shape index (κ1) is 14.6. The van der Waals surface area contributed by atoms with Crippen LogP contribution in [-0.4, -0.2) is 23.6 Å². The minimum absolute atomic E-state index is 0.0685. The molecule has 2 nitrogen and oxygen atoms in total. The lowest BCUT2D eigenvalue weighted by Crippen LogP contribution is -2.35. The summed E-state index contributed by atoms with van der Waals surface area (Å²) in [5, 5.41) is 2.14. The molecule has 0 aromatic heterocycles. The number of hydrogen-bond acceptors (Lipinski definition) is 3. The molecule has 2 fully saturated rings. The van der Waals surface area contributed by atoms with Crippen LogP contribution in [0.5, 0.6) is 0 Å². The molecule has 0 N–H and O–H groups in total. The zero-order valence-electron chi connectivity index (χ0n) is 11.1. The van der Waals surface area contributed by atoms with Crippen LogP contribution >= 0.6 is 35.0 Å². The zero-order chi connectivity index (χ0) is 14.3. The summed E-state index contributed by atoms with van der Waals surface area (Å²) in [6.45, 7) is 0. The lowest BCUT2D eigenvalue weighted by atomic mass is 9.81. The van der Waals surface area contributed by atoms with E-state index in [2.05, 4.69) is 0 Å². The second kappa shape index (κ2) is 5.78. The Balaban J connectivity index is 1.96. The number of thioether (sulfide) groups is 1. The van der Waals surface area contributed by atoms with Gasteiger partial charge in [0, 0.05) is 10.5 Å². The molecule has 5 heteroatoms. The van der Waals surface area contributed by atoms with Gasteiger partial charge in [0.05, 0.1) is 23.1 Å². The largest absolute Gasteiger partial charge is 0.469 e. The van der Waals surface area contributed by atoms with Crippen molar-refractivity contribution in [2.75, 3.05) is 7.11 Å². The van der Waals surface area contributed by atoms with E-state index in [0.29, 0.717) is 20.5 Å². The number of fused-ring (bicyclic) bond motifs is 2. The molecule has 4 atom stereocenters. The molecule has 0 amide bonds. The van der Waals surface area contributed by atoms with Gasteiger partial charge in [-0.15, -0.1) is 0 Å². The monoisotopic (exact) mass is 330 g/mol. The predicted molar refractivity (Wildman–Crippen MR) is 83.7 cm³/mol. The Bertz CT molecular complexity index is 535. The van der Waals surface area contributed by atoms with Crippen molar-refractivity contribution in [1.82, 2.24) is 0 Å². The standard InChI is InChI=1S/C15H16Cl2O2S/c1-19-15(18)14-10(7-9-3-5-13(14)20-9)8-2-4-11(16)12(17)6-8/h2,4,6,9-10,13-14H,3,5,7H2,1H3/t9?,10-,13+,14+/m1/s1. The van der Waals surface area contributed by atoms with Gasteiger partial charge in [-0.3, -0.25) is 4.79 Å². The van der Waals surface area contributed by atoms with E-state index >= 15 is 0 Å². The molecule has 2 heterocycles. The first-order chi connectivity index (χ1) is 9.60. The molecule has 2 aliphatic rings. The van der Waals surface area contributed by atoms with Gasteiger partial charge in [-0.2, -0.15) is 11.8 Å². The molecular weight excluding hydrogens is 315 g/mol. The smallest absolute Gasteiger partial charge is 0.310 e. The van der Waals surface area contributed by atoms with Gasteiger partial charge in [0.15, 0.2) is 0 Å². The molecule has 1 unspecified atom stereocenters. The summed E-state index contributed by atoms with van der Waals surface area (Å²) in [6, 6.07) is 5.71. The lowest BCUT2D eigenvalue weighted by Gasteiger charge is -2.34. The molecule has 1 aromatic rings. The van der Waals surface area contributed by atoms with Crippen molar-refractivity contribution in [3.8, 4) is 0 Å². The first-order valence-corrected chi connectivity index (χ1v) is 8.48. The number of halogens is 2. The van der Waals surface area contributed by atoms with E-state index in [-0.39, 0.29) is 17.8 Å². The maximum atomic E-state index is 12.2. The lowest BCUT2D eigenvalue weighted by molar-refractivity contribution is -0.146. The van der Waals surface area contributed by atoms with Crippen LogP contribution in [0, 0.1) is 5.92 Å². The van der Waals surface area contributed by atoms with Crippen molar-refractivity contribution in [1.29, 1.82) is 0 Å². The van der Waals surface area contributed by atoms with Gasteiger partial charge in [0.25, 0.3) is 0 Å². The summed E-state index contributed by atoms with van der Waals surface area (Å²) in [5.74, 6) is 0.0240. The summed E-state index contributed by atoms with van der Waals surface area (Å²) in [5.41, 5.74) is 1.10. The molecule has 108 valence electrons. The van der Waals surface area contributed by atoms with Crippen LogP contribution in [0.25, 0.3) is 0 Å². The molecule has 3 rings (SSSR count). The topological polar surface area (TPSA) is 26.3 Å². The Kier molecular flexibility index (Phi) is 4.21. The summed E-state index contributed by atoms with van der Waals surface area (Å²) in [6.07, 6.45) is 3.31. The number of ether oxygens (including phenoxy) is 1. The summed E-state index contributed by atoms with van der Waals surface area (Å²) >= 11 is 14.1. The van der Waals surface area contributed by atoms with Crippen LogP contribution in [0.1, 0.15) is 30.7 Å². The van der Waals surface area contributed by atoms with Crippen LogP contribution in [-0.2, 0) is 9.53 Å². The Labute approximate surface area is 133 Å². The fraction of sp³-hybridized carbons (Fsp3) is 0.533. The van der Waals surface area contributed by atoms with Crippen molar-refractivity contribution >= 4 is 40.9 Å². The van der Waals surface area contributed by atoms with Crippen molar-refractivity contribution in [3.05, 3.63) is 33.8 Å². The second-order valence-electron chi connectivity index (χ2n) is 5.44. The third-order valence-electron chi connectivity index (χ3n) is 4.34. The van der Waals surface area contributed by atoms with Gasteiger partial charge in [0.1, 0.15) is 0 Å². The van der Waals surface area contributed by atoms with Gasteiger partial charge in [-0.05, 0) is 42.9 Å². The molecule has 0 saturated carbocycles. The van der Waals surface area contributed by atoms with Gasteiger partial charge < -0.3 is 4.74 Å². The summed E-state index contributed by atoms with van der Waals surface area (Å²) < 4.78 is 5.03. The van der Waals surface area contributed by atoms with E-state index in [1.54, 1.807) is 0 Å². The van der Waals surface area contributed by atoms with Gasteiger partial charge in [-0.1, -0.05) is 29.3 Å². The van der Waals surface area contributed by atoms with Gasteiger partial charge >= 0.3 is 5.97 Å². The van der Waals surface area contributed by atoms with E-state index in [4.69, 9.17) is 27.9 Å². The molecule has 0 aliphatic carbocycles. The second-order valence-corrected chi connectivity index (χ2v) is 7.80. The third-order valence-corrected chi connectivity index (χ3v) is 6.77. The summed E-state index contributed by atoms with van der Waals surface area (Å²) in [7, 11) is 1.47. The Morgan fingerprint density at radius 3 is 2.80 bits per heavy atom. The van der Waals surface area contributed by atoms with Crippen molar-refractivity contribution < 1.29 is 9.53 Å². The first-order valence-electron chi connectivity index (χ1n) is 6.78. The predicted octanol–water partition coefficient (Wildman–Crippen LogP) is 4.53. The molecule has 2 bridgehead atoms. The normalized spacial score (nSPS) is 32.1. The Hall–Kier alpha value is -0.380. The fourth-order valence-electron chi connectivity index (χ4n) is 3.40. The SMILES string of the molecule is COC(=O)[C@@H]1[C@@H]2CCC(C[C@@H]1c1ccc(Cl)c(Cl)c1)S2. The zero-order valence-corrected chi connectivity index (χ0v) is 13.5. The van der Waals surface area contributed by atoms with Gasteiger partial charge in [0.2, 0.25) is 0 Å². The Morgan fingerprint density at radius 2 is 2.10 bits per heavy atom. The minimum atomic E-state index is -0.0982. The van der Waals surface area contributed by atoms with Crippen LogP contribution < -0.4 is 0 Å². The average molecular weight is 331 g/mol. The average Bonchev–Trinajstić information content (AvgIpc) is 2.82. The molecule has 2 saturated heterocycles. The number of esters is 1. The van der Waals surface area contributed by atoms with Crippen molar-refractivity contribution in [2.24, 2.45) is 5.92 Å². The quantitative estimate of drug-likeness (QED) is 0.745.